The van der Waals surface area contributed by atoms with Gasteiger partial charge in [-0.25, -0.2) is 12.7 Å². The molecule has 5 nitrogen and oxygen atoms in total. The summed E-state index contributed by atoms with van der Waals surface area (Å²) in [4.78, 5) is 13.1. The first kappa shape index (κ1) is 21.4. The van der Waals surface area contributed by atoms with Crippen LogP contribution in [-0.2, 0) is 22.9 Å². The van der Waals surface area contributed by atoms with Crippen LogP contribution in [0, 0.1) is 6.92 Å². The standard InChI is InChI=1S/C20H25ClN2O3S/c1-6-14-9-11-18(21)16(7-2)19(14)22-20(24)17-12-15(10-8-13(17)3)27(25,26)23(4)5/h8-12H,6-7H2,1-5H3,(H,22,24). The highest BCUT2D eigenvalue weighted by molar-refractivity contribution is 7.89. The van der Waals surface area contributed by atoms with Gasteiger partial charge < -0.3 is 5.32 Å². The molecule has 1 N–H and O–H groups in total. The summed E-state index contributed by atoms with van der Waals surface area (Å²) in [5, 5.41) is 3.56. The number of halogens is 1. The number of nitrogens with zero attached hydrogens (tertiary/aromatic N) is 1. The maximum Gasteiger partial charge on any atom is 0.255 e. The maximum absolute atomic E-state index is 13.0. The molecule has 2 aromatic rings. The molecule has 0 unspecified atom stereocenters. The van der Waals surface area contributed by atoms with Gasteiger partial charge in [0.25, 0.3) is 5.91 Å². The molecule has 0 aliphatic heterocycles. The molecule has 0 aromatic heterocycles. The molecular weight excluding hydrogens is 384 g/mol. The zero-order chi connectivity index (χ0) is 20.4. The van der Waals surface area contributed by atoms with Gasteiger partial charge in [0, 0.05) is 30.4 Å². The summed E-state index contributed by atoms with van der Waals surface area (Å²) in [5.74, 6) is -0.352. The average Bonchev–Trinajstić information content (AvgIpc) is 2.62. The van der Waals surface area contributed by atoms with Gasteiger partial charge in [-0.05, 0) is 54.7 Å². The van der Waals surface area contributed by atoms with Crippen molar-refractivity contribution in [3.05, 3.63) is 57.6 Å². The van der Waals surface area contributed by atoms with E-state index in [4.69, 9.17) is 11.6 Å². The lowest BCUT2D eigenvalue weighted by molar-refractivity contribution is 0.102. The molecule has 0 heterocycles. The van der Waals surface area contributed by atoms with Crippen LogP contribution in [0.15, 0.2) is 35.2 Å². The topological polar surface area (TPSA) is 66.5 Å². The summed E-state index contributed by atoms with van der Waals surface area (Å²) in [7, 11) is -0.702. The Morgan fingerprint density at radius 2 is 1.78 bits per heavy atom. The van der Waals surface area contributed by atoms with Crippen molar-refractivity contribution in [3.8, 4) is 0 Å². The van der Waals surface area contributed by atoms with Crippen molar-refractivity contribution in [2.24, 2.45) is 0 Å². The Labute approximate surface area is 166 Å². The van der Waals surface area contributed by atoms with E-state index >= 15 is 0 Å². The second kappa shape index (κ2) is 8.42. The van der Waals surface area contributed by atoms with Crippen molar-refractivity contribution in [1.82, 2.24) is 4.31 Å². The van der Waals surface area contributed by atoms with Crippen LogP contribution in [0.3, 0.4) is 0 Å². The summed E-state index contributed by atoms with van der Waals surface area (Å²) < 4.78 is 25.9. The van der Waals surface area contributed by atoms with Crippen LogP contribution in [-0.4, -0.2) is 32.7 Å². The number of carbonyl (C=O) groups is 1. The maximum atomic E-state index is 13.0. The van der Waals surface area contributed by atoms with E-state index in [-0.39, 0.29) is 10.8 Å². The highest BCUT2D eigenvalue weighted by atomic mass is 35.5. The van der Waals surface area contributed by atoms with Gasteiger partial charge in [-0.3, -0.25) is 4.79 Å². The minimum Gasteiger partial charge on any atom is -0.321 e. The zero-order valence-electron chi connectivity index (χ0n) is 16.3. The fourth-order valence-electron chi connectivity index (χ4n) is 2.86. The van der Waals surface area contributed by atoms with Gasteiger partial charge in [0.2, 0.25) is 10.0 Å². The normalized spacial score (nSPS) is 11.7. The van der Waals surface area contributed by atoms with Crippen LogP contribution in [0.1, 0.15) is 40.9 Å². The van der Waals surface area contributed by atoms with Crippen LogP contribution >= 0.6 is 11.6 Å². The summed E-state index contributed by atoms with van der Waals surface area (Å²) in [6.45, 7) is 5.76. The van der Waals surface area contributed by atoms with E-state index in [1.54, 1.807) is 13.0 Å². The van der Waals surface area contributed by atoms with Crippen molar-refractivity contribution in [3.63, 3.8) is 0 Å². The number of amides is 1. The highest BCUT2D eigenvalue weighted by Crippen LogP contribution is 2.30. The first-order chi connectivity index (χ1) is 12.6. The Bertz CT molecular complexity index is 969. The van der Waals surface area contributed by atoms with Gasteiger partial charge in [0.15, 0.2) is 0 Å². The van der Waals surface area contributed by atoms with Crippen molar-refractivity contribution in [2.45, 2.75) is 38.5 Å². The van der Waals surface area contributed by atoms with E-state index in [1.165, 1.54) is 26.2 Å². The van der Waals surface area contributed by atoms with E-state index in [2.05, 4.69) is 5.32 Å². The van der Waals surface area contributed by atoms with Gasteiger partial charge in [-0.15, -0.1) is 0 Å². The lowest BCUT2D eigenvalue weighted by Gasteiger charge is -2.17. The minimum atomic E-state index is -3.62. The number of nitrogens with one attached hydrogen (secondary N) is 1. The summed E-state index contributed by atoms with van der Waals surface area (Å²) in [6.07, 6.45) is 1.42. The Morgan fingerprint density at radius 1 is 1.11 bits per heavy atom. The molecule has 0 saturated heterocycles. The quantitative estimate of drug-likeness (QED) is 0.775. The van der Waals surface area contributed by atoms with Gasteiger partial charge in [-0.2, -0.15) is 0 Å². The molecule has 1 amide bonds. The third-order valence-corrected chi connectivity index (χ3v) is 6.71. The zero-order valence-corrected chi connectivity index (χ0v) is 17.8. The van der Waals surface area contributed by atoms with Gasteiger partial charge in [0.05, 0.1) is 4.90 Å². The van der Waals surface area contributed by atoms with E-state index in [1.807, 2.05) is 26.0 Å². The van der Waals surface area contributed by atoms with Crippen LogP contribution in [0.5, 0.6) is 0 Å². The predicted octanol–water partition coefficient (Wildman–Crippen LogP) is 4.28. The molecule has 0 aliphatic carbocycles. The molecule has 0 aliphatic rings. The largest absolute Gasteiger partial charge is 0.321 e. The number of hydrogen-bond donors (Lipinski definition) is 1. The first-order valence-corrected chi connectivity index (χ1v) is 10.6. The van der Waals surface area contributed by atoms with Crippen LogP contribution in [0.4, 0.5) is 5.69 Å². The lowest BCUT2D eigenvalue weighted by Crippen LogP contribution is -2.23. The second-order valence-corrected chi connectivity index (χ2v) is 9.04. The van der Waals surface area contributed by atoms with Crippen molar-refractivity contribution >= 4 is 33.2 Å². The molecule has 7 heteroatoms. The van der Waals surface area contributed by atoms with Crippen LogP contribution in [0.25, 0.3) is 0 Å². The van der Waals surface area contributed by atoms with E-state index in [9.17, 15) is 13.2 Å². The van der Waals surface area contributed by atoms with Gasteiger partial charge in [-0.1, -0.05) is 37.6 Å². The summed E-state index contributed by atoms with van der Waals surface area (Å²) >= 11 is 6.30. The minimum absolute atomic E-state index is 0.0841. The number of hydrogen-bond acceptors (Lipinski definition) is 3. The number of aryl methyl sites for hydroxylation is 2. The summed E-state index contributed by atoms with van der Waals surface area (Å²) in [6, 6.07) is 8.31. The molecule has 0 bridgehead atoms. The SMILES string of the molecule is CCc1ccc(Cl)c(CC)c1NC(=O)c1cc(S(=O)(=O)N(C)C)ccc1C. The number of carbonyl (C=O) groups excluding carboxylic acids is 1. The lowest BCUT2D eigenvalue weighted by atomic mass is 10.0. The highest BCUT2D eigenvalue weighted by Gasteiger charge is 2.21. The molecule has 2 rings (SSSR count). The Balaban J connectivity index is 2.50. The molecular formula is C20H25ClN2O3S. The van der Waals surface area contributed by atoms with Crippen LogP contribution < -0.4 is 5.32 Å². The number of benzene rings is 2. The molecule has 0 saturated carbocycles. The molecule has 0 atom stereocenters. The fraction of sp³-hybridized carbons (Fsp3) is 0.350. The molecule has 27 heavy (non-hydrogen) atoms. The Kier molecular flexibility index (Phi) is 6.68. The van der Waals surface area contributed by atoms with Crippen molar-refractivity contribution < 1.29 is 13.2 Å². The number of anilines is 1. The third-order valence-electron chi connectivity index (χ3n) is 4.55. The molecule has 0 radical (unpaired) electrons. The van der Waals surface area contributed by atoms with E-state index in [0.29, 0.717) is 28.3 Å². The first-order valence-electron chi connectivity index (χ1n) is 8.78. The molecule has 0 spiro atoms. The van der Waals surface area contributed by atoms with Gasteiger partial charge in [0.1, 0.15) is 0 Å². The van der Waals surface area contributed by atoms with E-state index < -0.39 is 10.0 Å². The van der Waals surface area contributed by atoms with Gasteiger partial charge >= 0.3 is 0 Å². The Morgan fingerprint density at radius 3 is 2.33 bits per heavy atom. The molecule has 146 valence electrons. The Hall–Kier alpha value is -1.89. The fourth-order valence-corrected chi connectivity index (χ4v) is 4.08. The van der Waals surface area contributed by atoms with Crippen LogP contribution in [0.2, 0.25) is 5.02 Å². The summed E-state index contributed by atoms with van der Waals surface area (Å²) in [5.41, 5.74) is 3.58. The number of sulfonamides is 1. The predicted molar refractivity (Wildman–Crippen MR) is 110 cm³/mol. The third kappa shape index (κ3) is 4.34. The molecule has 0 fully saturated rings. The van der Waals surface area contributed by atoms with E-state index in [0.717, 1.165) is 21.9 Å². The number of rotatable bonds is 6. The average molecular weight is 409 g/mol. The smallest absolute Gasteiger partial charge is 0.255 e. The van der Waals surface area contributed by atoms with Crippen molar-refractivity contribution in [2.75, 3.05) is 19.4 Å². The monoisotopic (exact) mass is 408 g/mol. The van der Waals surface area contributed by atoms with Crippen molar-refractivity contribution in [1.29, 1.82) is 0 Å². The molecule has 2 aromatic carbocycles. The second-order valence-electron chi connectivity index (χ2n) is 6.49.